The Labute approximate surface area is 241 Å². The van der Waals surface area contributed by atoms with Crippen molar-refractivity contribution >= 4 is 69.9 Å². The maximum absolute atomic E-state index is 13.1. The topological polar surface area (TPSA) is 168 Å². The molecule has 4 amide bonds. The molecule has 0 unspecified atom stereocenters. The zero-order valence-corrected chi connectivity index (χ0v) is 23.1. The Balaban J connectivity index is 1.58. The van der Waals surface area contributed by atoms with Crippen LogP contribution in [0.25, 0.3) is 12.2 Å². The quantitative estimate of drug-likeness (QED) is 0.381. The highest BCUT2D eigenvalue weighted by molar-refractivity contribution is 8.18. The van der Waals surface area contributed by atoms with Crippen LogP contribution in [0.5, 0.6) is 11.5 Å². The first-order valence-corrected chi connectivity index (χ1v) is 13.4. The summed E-state index contributed by atoms with van der Waals surface area (Å²) in [5.74, 6) is -4.11. The van der Waals surface area contributed by atoms with E-state index in [9.17, 15) is 39.0 Å². The van der Waals surface area contributed by atoms with Gasteiger partial charge in [-0.1, -0.05) is 24.3 Å². The van der Waals surface area contributed by atoms with E-state index >= 15 is 0 Å². The van der Waals surface area contributed by atoms with Crippen molar-refractivity contribution in [2.75, 3.05) is 14.2 Å². The monoisotopic (exact) mass is 598 g/mol. The Morgan fingerprint density at radius 2 is 1.05 bits per heavy atom. The number of methoxy groups -OCH3 is 2. The molecule has 0 saturated carbocycles. The first-order chi connectivity index (χ1) is 19.5. The number of amides is 4. The third-order valence-corrected chi connectivity index (χ3v) is 7.88. The number of ether oxygens (including phenoxy) is 2. The summed E-state index contributed by atoms with van der Waals surface area (Å²) in [7, 11) is 2.97. The van der Waals surface area contributed by atoms with E-state index in [1.165, 1.54) is 26.4 Å². The fourth-order valence-electron chi connectivity index (χ4n) is 4.04. The average molecular weight is 599 g/mol. The number of imide groups is 2. The number of thioether (sulfide) groups is 2. The molecule has 2 fully saturated rings. The van der Waals surface area contributed by atoms with E-state index in [4.69, 9.17) is 9.47 Å². The lowest BCUT2D eigenvalue weighted by Crippen LogP contribution is -2.52. The summed E-state index contributed by atoms with van der Waals surface area (Å²) in [5, 5.41) is 17.9. The molecule has 0 spiro atoms. The van der Waals surface area contributed by atoms with Gasteiger partial charge in [0.1, 0.15) is 23.6 Å². The molecule has 12 nitrogen and oxygen atoms in total. The summed E-state index contributed by atoms with van der Waals surface area (Å²) in [6.07, 6.45) is 1.86. The summed E-state index contributed by atoms with van der Waals surface area (Å²) in [6.45, 7) is 0. The van der Waals surface area contributed by atoms with E-state index in [1.807, 2.05) is 0 Å². The molecule has 4 rings (SSSR count). The first-order valence-electron chi connectivity index (χ1n) is 11.8. The fourth-order valence-corrected chi connectivity index (χ4v) is 5.80. The van der Waals surface area contributed by atoms with Crippen molar-refractivity contribution < 1.29 is 48.5 Å². The standard InChI is InChI=1S/C27H22N2O10S2/c1-38-16-7-3-14(4-8-16)11-20-22(30)28(26(36)40-20)18(24(32)33)13-19(25(34)35)29-23(31)21(41-27(29)37)12-15-5-9-17(39-2)10-6-15/h3-12,18-19H,13H2,1-2H3,(H,32,33)(H,34,35)/b20-11-,21-12-/t18-,19-/m0/s1. The van der Waals surface area contributed by atoms with E-state index in [1.54, 1.807) is 48.5 Å². The van der Waals surface area contributed by atoms with Crippen LogP contribution in [0.15, 0.2) is 58.3 Å². The summed E-state index contributed by atoms with van der Waals surface area (Å²) < 4.78 is 10.2. The number of carbonyl (C=O) groups is 6. The minimum absolute atomic E-state index is 0.0770. The van der Waals surface area contributed by atoms with Crippen LogP contribution in [-0.4, -0.2) is 80.5 Å². The Morgan fingerprint density at radius 3 is 1.34 bits per heavy atom. The van der Waals surface area contributed by atoms with E-state index in [-0.39, 0.29) is 9.81 Å². The molecular formula is C27H22N2O10S2. The van der Waals surface area contributed by atoms with Gasteiger partial charge in [0.2, 0.25) is 0 Å². The van der Waals surface area contributed by atoms with Crippen LogP contribution in [0, 0.1) is 0 Å². The Bertz CT molecular complexity index is 1370. The Morgan fingerprint density at radius 1 is 0.707 bits per heavy atom. The predicted octanol–water partition coefficient (Wildman–Crippen LogP) is 3.77. The van der Waals surface area contributed by atoms with Crippen LogP contribution in [0.4, 0.5) is 9.59 Å². The van der Waals surface area contributed by atoms with Crippen LogP contribution in [-0.2, 0) is 19.2 Å². The van der Waals surface area contributed by atoms with Gasteiger partial charge in [-0.05, 0) is 71.1 Å². The minimum Gasteiger partial charge on any atom is -0.497 e. The second-order valence-corrected chi connectivity index (χ2v) is 10.6. The molecule has 14 heteroatoms. The van der Waals surface area contributed by atoms with Crippen molar-refractivity contribution in [3.63, 3.8) is 0 Å². The molecule has 0 aliphatic carbocycles. The molecule has 41 heavy (non-hydrogen) atoms. The highest BCUT2D eigenvalue weighted by Crippen LogP contribution is 2.38. The zero-order valence-electron chi connectivity index (χ0n) is 21.5. The van der Waals surface area contributed by atoms with Crippen molar-refractivity contribution in [1.82, 2.24) is 9.80 Å². The molecule has 0 radical (unpaired) electrons. The predicted molar refractivity (Wildman–Crippen MR) is 149 cm³/mol. The van der Waals surface area contributed by atoms with Crippen LogP contribution >= 0.6 is 23.5 Å². The molecule has 2 aromatic carbocycles. The van der Waals surface area contributed by atoms with Gasteiger partial charge in [0.15, 0.2) is 0 Å². The van der Waals surface area contributed by atoms with Crippen LogP contribution in [0.2, 0.25) is 0 Å². The molecule has 2 saturated heterocycles. The van der Waals surface area contributed by atoms with Crippen LogP contribution in [0.3, 0.4) is 0 Å². The number of rotatable bonds is 10. The van der Waals surface area contributed by atoms with Crippen LogP contribution < -0.4 is 9.47 Å². The zero-order chi connectivity index (χ0) is 29.8. The highest BCUT2D eigenvalue weighted by Gasteiger charge is 2.49. The summed E-state index contributed by atoms with van der Waals surface area (Å²) in [5.41, 5.74) is 1.07. The Hall–Kier alpha value is -4.56. The number of nitrogens with zero attached hydrogens (tertiary/aromatic N) is 2. The van der Waals surface area contributed by atoms with Gasteiger partial charge in [0.05, 0.1) is 24.0 Å². The van der Waals surface area contributed by atoms with Gasteiger partial charge in [0, 0.05) is 6.42 Å². The van der Waals surface area contributed by atoms with Gasteiger partial charge in [0.25, 0.3) is 22.3 Å². The number of carboxylic acids is 2. The molecular weight excluding hydrogens is 576 g/mol. The van der Waals surface area contributed by atoms with Gasteiger partial charge >= 0.3 is 11.9 Å². The Kier molecular flexibility index (Phi) is 8.83. The molecule has 2 atom stereocenters. The summed E-state index contributed by atoms with van der Waals surface area (Å²) >= 11 is 0.984. The fraction of sp³-hybridized carbons (Fsp3) is 0.185. The highest BCUT2D eigenvalue weighted by atomic mass is 32.2. The number of benzene rings is 2. The lowest BCUT2D eigenvalue weighted by Gasteiger charge is -2.27. The van der Waals surface area contributed by atoms with Gasteiger partial charge in [-0.15, -0.1) is 0 Å². The lowest BCUT2D eigenvalue weighted by atomic mass is 10.0. The van der Waals surface area contributed by atoms with Gasteiger partial charge in [-0.3, -0.25) is 29.0 Å². The number of carbonyl (C=O) groups excluding carboxylic acids is 4. The molecule has 2 aromatic rings. The third kappa shape index (κ3) is 6.28. The normalized spacial score (nSPS) is 18.8. The largest absolute Gasteiger partial charge is 0.497 e. The smallest absolute Gasteiger partial charge is 0.327 e. The van der Waals surface area contributed by atoms with Gasteiger partial charge in [-0.25, -0.2) is 9.59 Å². The molecule has 0 bridgehead atoms. The molecule has 212 valence electrons. The van der Waals surface area contributed by atoms with E-state index < -0.39 is 52.7 Å². The lowest BCUT2D eigenvalue weighted by molar-refractivity contribution is -0.151. The van der Waals surface area contributed by atoms with Crippen molar-refractivity contribution in [1.29, 1.82) is 0 Å². The molecule has 2 N–H and O–H groups in total. The second-order valence-electron chi connectivity index (χ2n) is 8.59. The average Bonchev–Trinajstić information content (AvgIpc) is 3.38. The summed E-state index contributed by atoms with van der Waals surface area (Å²) in [6, 6.07) is 9.10. The van der Waals surface area contributed by atoms with Gasteiger partial charge < -0.3 is 19.7 Å². The van der Waals surface area contributed by atoms with Crippen molar-refractivity contribution in [2.24, 2.45) is 0 Å². The van der Waals surface area contributed by atoms with E-state index in [0.29, 0.717) is 55.9 Å². The molecule has 2 aliphatic heterocycles. The number of aliphatic carboxylic acids is 2. The van der Waals surface area contributed by atoms with E-state index in [0.717, 1.165) is 0 Å². The maximum atomic E-state index is 13.1. The number of carboxylic acid groups (broad SMARTS) is 2. The second kappa shape index (κ2) is 12.3. The van der Waals surface area contributed by atoms with Crippen molar-refractivity contribution in [3.8, 4) is 11.5 Å². The number of hydrogen-bond donors (Lipinski definition) is 2. The summed E-state index contributed by atoms with van der Waals surface area (Å²) in [4.78, 5) is 76.9. The SMILES string of the molecule is COc1ccc(/C=C2\SC(=O)N([C@@H](C[C@@H](C(=O)O)N3C(=O)S/C(=C\c4ccc(OC)cc4)C3=O)C(=O)O)C2=O)cc1. The third-order valence-electron chi connectivity index (χ3n) is 6.11. The van der Waals surface area contributed by atoms with Crippen LogP contribution in [0.1, 0.15) is 17.5 Å². The maximum Gasteiger partial charge on any atom is 0.327 e. The molecule has 0 aromatic heterocycles. The minimum atomic E-state index is -1.97. The molecule has 2 heterocycles. The van der Waals surface area contributed by atoms with Crippen molar-refractivity contribution in [3.05, 3.63) is 69.5 Å². The van der Waals surface area contributed by atoms with Gasteiger partial charge in [-0.2, -0.15) is 0 Å². The van der Waals surface area contributed by atoms with E-state index in [2.05, 4.69) is 0 Å². The number of hydrogen-bond acceptors (Lipinski definition) is 10. The van der Waals surface area contributed by atoms with Crippen molar-refractivity contribution in [2.45, 2.75) is 18.5 Å². The first kappa shape index (κ1) is 29.4. The molecule has 2 aliphatic rings.